The van der Waals surface area contributed by atoms with Gasteiger partial charge in [-0.1, -0.05) is 17.7 Å². The SMILES string of the molecule is N#Cc1c(N)sc2c(F)ccc(-c3c(Cl)cc4c(N5CCCC6(COC6)C5)nc(OC[C@@]56CCCN5C[C@H](F)C6)nc4c3F)c12. The Bertz CT molecular complexity index is 1910. The quantitative estimate of drug-likeness (QED) is 0.261. The number of aromatic nitrogens is 2. The molecule has 4 aliphatic heterocycles. The van der Waals surface area contributed by atoms with E-state index in [2.05, 4.69) is 14.8 Å². The highest BCUT2D eigenvalue weighted by Gasteiger charge is 2.49. The molecule has 8 rings (SSSR count). The second-order valence-corrected chi connectivity index (χ2v) is 14.4. The lowest BCUT2D eigenvalue weighted by molar-refractivity contribution is -0.117. The van der Waals surface area contributed by atoms with Crippen LogP contribution in [-0.2, 0) is 4.74 Å². The first-order chi connectivity index (χ1) is 21.7. The highest BCUT2D eigenvalue weighted by molar-refractivity contribution is 7.23. The fourth-order valence-corrected chi connectivity index (χ4v) is 9.13. The summed E-state index contributed by atoms with van der Waals surface area (Å²) in [5.74, 6) is -0.798. The van der Waals surface area contributed by atoms with E-state index in [-0.39, 0.29) is 60.3 Å². The van der Waals surface area contributed by atoms with Crippen LogP contribution in [0.3, 0.4) is 0 Å². The van der Waals surface area contributed by atoms with Gasteiger partial charge in [0.1, 0.15) is 41.0 Å². The van der Waals surface area contributed by atoms with Gasteiger partial charge in [-0.3, -0.25) is 4.90 Å². The molecular formula is C32H30ClF3N6O2S. The predicted molar refractivity (Wildman–Crippen MR) is 168 cm³/mol. The Morgan fingerprint density at radius 2 is 2.02 bits per heavy atom. The van der Waals surface area contributed by atoms with E-state index >= 15 is 4.39 Å². The number of alkyl halides is 1. The van der Waals surface area contributed by atoms with Crippen LogP contribution in [0.15, 0.2) is 18.2 Å². The number of hydrogen-bond acceptors (Lipinski definition) is 9. The molecule has 2 aromatic heterocycles. The van der Waals surface area contributed by atoms with Crippen molar-refractivity contribution in [3.63, 3.8) is 0 Å². The number of anilines is 2. The van der Waals surface area contributed by atoms with Crippen molar-refractivity contribution in [3.05, 3.63) is 40.4 Å². The largest absolute Gasteiger partial charge is 0.461 e. The van der Waals surface area contributed by atoms with Gasteiger partial charge in [0.25, 0.3) is 0 Å². The van der Waals surface area contributed by atoms with Crippen molar-refractivity contribution in [1.29, 1.82) is 5.26 Å². The summed E-state index contributed by atoms with van der Waals surface area (Å²) in [7, 11) is 0. The predicted octanol–water partition coefficient (Wildman–Crippen LogP) is 6.47. The molecule has 0 bridgehead atoms. The van der Waals surface area contributed by atoms with Crippen LogP contribution in [0.4, 0.5) is 24.0 Å². The first kappa shape index (κ1) is 29.1. The van der Waals surface area contributed by atoms with E-state index in [1.165, 1.54) is 12.1 Å². The van der Waals surface area contributed by atoms with Crippen LogP contribution in [0, 0.1) is 28.4 Å². The minimum Gasteiger partial charge on any atom is -0.461 e. The van der Waals surface area contributed by atoms with E-state index < -0.39 is 23.3 Å². The highest BCUT2D eigenvalue weighted by atomic mass is 35.5. The van der Waals surface area contributed by atoms with Crippen molar-refractivity contribution in [2.45, 2.75) is 43.8 Å². The molecule has 2 N–H and O–H groups in total. The van der Waals surface area contributed by atoms with Crippen molar-refractivity contribution >= 4 is 54.7 Å². The van der Waals surface area contributed by atoms with Gasteiger partial charge in [-0.2, -0.15) is 15.2 Å². The molecule has 0 unspecified atom stereocenters. The Kier molecular flexibility index (Phi) is 6.84. The van der Waals surface area contributed by atoms with Crippen LogP contribution in [0.5, 0.6) is 6.01 Å². The van der Waals surface area contributed by atoms with Crippen LogP contribution in [0.2, 0.25) is 5.02 Å². The molecule has 4 fully saturated rings. The molecule has 4 saturated heterocycles. The van der Waals surface area contributed by atoms with E-state index in [0.29, 0.717) is 50.5 Å². The first-order valence-corrected chi connectivity index (χ1v) is 16.4. The number of thiophene rings is 1. The number of ether oxygens (including phenoxy) is 2. The third kappa shape index (κ3) is 4.53. The molecule has 2 atom stereocenters. The molecule has 45 heavy (non-hydrogen) atoms. The fraction of sp³-hybridized carbons (Fsp3) is 0.469. The Labute approximate surface area is 266 Å². The molecule has 234 valence electrons. The smallest absolute Gasteiger partial charge is 0.319 e. The van der Waals surface area contributed by atoms with Gasteiger partial charge in [0.2, 0.25) is 0 Å². The lowest BCUT2D eigenvalue weighted by atomic mass is 9.78. The third-order valence-electron chi connectivity index (χ3n) is 10.0. The lowest BCUT2D eigenvalue weighted by Gasteiger charge is -2.48. The van der Waals surface area contributed by atoms with Crippen molar-refractivity contribution in [3.8, 4) is 23.2 Å². The van der Waals surface area contributed by atoms with Gasteiger partial charge in [0.15, 0.2) is 5.82 Å². The summed E-state index contributed by atoms with van der Waals surface area (Å²) in [5.41, 5.74) is 5.92. The van der Waals surface area contributed by atoms with Gasteiger partial charge in [-0.05, 0) is 49.9 Å². The van der Waals surface area contributed by atoms with Crippen LogP contribution in [-0.4, -0.2) is 72.6 Å². The van der Waals surface area contributed by atoms with E-state index in [1.54, 1.807) is 6.07 Å². The molecule has 0 radical (unpaired) electrons. The average Bonchev–Trinajstić information content (AvgIpc) is 3.65. The molecule has 0 saturated carbocycles. The van der Waals surface area contributed by atoms with E-state index in [4.69, 9.17) is 31.8 Å². The van der Waals surface area contributed by atoms with Crippen LogP contribution in [0.1, 0.15) is 37.7 Å². The van der Waals surface area contributed by atoms with Crippen molar-refractivity contribution in [2.75, 3.05) is 56.6 Å². The summed E-state index contributed by atoms with van der Waals surface area (Å²) in [5, 5.41) is 10.7. The van der Waals surface area contributed by atoms with Gasteiger partial charge in [0.05, 0.1) is 34.0 Å². The number of fused-ring (bicyclic) bond motifs is 3. The second kappa shape index (κ2) is 10.6. The number of nitrogen functional groups attached to an aromatic ring is 1. The maximum absolute atomic E-state index is 16.9. The molecule has 4 aromatic rings. The molecule has 0 amide bonds. The maximum Gasteiger partial charge on any atom is 0.319 e. The number of nitrogens with two attached hydrogens (primary N) is 1. The first-order valence-electron chi connectivity index (χ1n) is 15.2. The number of halogens is 4. The van der Waals surface area contributed by atoms with E-state index in [0.717, 1.165) is 43.6 Å². The zero-order chi connectivity index (χ0) is 31.1. The number of nitrogens with zero attached hydrogens (tertiary/aromatic N) is 5. The summed E-state index contributed by atoms with van der Waals surface area (Å²) in [6, 6.07) is 6.29. The summed E-state index contributed by atoms with van der Waals surface area (Å²) in [6.07, 6.45) is 3.17. The zero-order valence-corrected chi connectivity index (χ0v) is 25.9. The molecule has 0 aliphatic carbocycles. The van der Waals surface area contributed by atoms with Gasteiger partial charge < -0.3 is 20.1 Å². The Morgan fingerprint density at radius 3 is 2.80 bits per heavy atom. The molecule has 1 spiro atoms. The average molecular weight is 655 g/mol. The van der Waals surface area contributed by atoms with E-state index in [1.807, 2.05) is 6.07 Å². The van der Waals surface area contributed by atoms with Crippen molar-refractivity contribution < 1.29 is 22.6 Å². The topological polar surface area (TPSA) is 101 Å². The molecule has 6 heterocycles. The molecule has 8 nitrogen and oxygen atoms in total. The van der Waals surface area contributed by atoms with Gasteiger partial charge in [0, 0.05) is 47.8 Å². The van der Waals surface area contributed by atoms with E-state index in [9.17, 15) is 14.0 Å². The summed E-state index contributed by atoms with van der Waals surface area (Å²) in [6.45, 7) is 4.08. The normalized spacial score (nSPS) is 24.3. The Balaban J connectivity index is 1.29. The molecule has 13 heteroatoms. The second-order valence-electron chi connectivity index (χ2n) is 12.9. The number of benzene rings is 2. The van der Waals surface area contributed by atoms with Crippen LogP contribution < -0.4 is 15.4 Å². The van der Waals surface area contributed by atoms with Crippen molar-refractivity contribution in [2.24, 2.45) is 5.41 Å². The summed E-state index contributed by atoms with van der Waals surface area (Å²) in [4.78, 5) is 13.7. The maximum atomic E-state index is 16.9. The number of hydrogen-bond donors (Lipinski definition) is 1. The zero-order valence-electron chi connectivity index (χ0n) is 24.3. The molecule has 2 aromatic carbocycles. The summed E-state index contributed by atoms with van der Waals surface area (Å²) < 4.78 is 58.2. The minimum absolute atomic E-state index is 0.000525. The molecular weight excluding hydrogens is 625 g/mol. The minimum atomic E-state index is -0.921. The van der Waals surface area contributed by atoms with Gasteiger partial charge in [-0.25, -0.2) is 13.2 Å². The number of piperidine rings is 1. The van der Waals surface area contributed by atoms with Crippen LogP contribution in [0.25, 0.3) is 32.1 Å². The number of rotatable bonds is 5. The number of nitriles is 1. The van der Waals surface area contributed by atoms with Crippen LogP contribution >= 0.6 is 22.9 Å². The van der Waals surface area contributed by atoms with Crippen molar-refractivity contribution in [1.82, 2.24) is 14.9 Å². The standard InChI is InChI=1S/C32H30ClF3N6O2S/c33-21-9-19-26(25(36)24(21)18-3-4-22(35)27-23(18)20(11-37)28(38)45-27)39-30(44-16-32-6-2-8-42(32)12-17(34)10-32)40-29(19)41-7-1-5-31(13-41)14-43-15-31/h3-4,9,17H,1-2,5-8,10,12-16,38H2/t17-,32+/m1/s1. The fourth-order valence-electron chi connectivity index (χ4n) is 7.88. The molecule has 4 aliphatic rings. The third-order valence-corrected chi connectivity index (χ3v) is 11.4. The van der Waals surface area contributed by atoms with Gasteiger partial charge >= 0.3 is 6.01 Å². The monoisotopic (exact) mass is 654 g/mol. The summed E-state index contributed by atoms with van der Waals surface area (Å²) >= 11 is 7.77. The Hall–Kier alpha value is -3.37. The van der Waals surface area contributed by atoms with Gasteiger partial charge in [-0.15, -0.1) is 11.3 Å². The lowest BCUT2D eigenvalue weighted by Crippen LogP contribution is -2.54. The highest BCUT2D eigenvalue weighted by Crippen LogP contribution is 2.47. The Morgan fingerprint density at radius 1 is 1.20 bits per heavy atom.